The molecule has 0 saturated carbocycles. The van der Waals surface area contributed by atoms with Crippen molar-refractivity contribution in [1.29, 1.82) is 0 Å². The minimum atomic E-state index is -0.158. The number of carbonyl (C=O) groups excluding carboxylic acids is 1. The molecule has 110 valence electrons. The van der Waals surface area contributed by atoms with Gasteiger partial charge in [0.1, 0.15) is 11.6 Å². The average molecular weight is 368 g/mol. The summed E-state index contributed by atoms with van der Waals surface area (Å²) in [6, 6.07) is 7.17. The lowest BCUT2D eigenvalue weighted by atomic mass is 10.2. The Bertz CT molecular complexity index is 659. The molecule has 2 rings (SSSR count). The molecule has 0 bridgehead atoms. The van der Waals surface area contributed by atoms with E-state index >= 15 is 0 Å². The molecule has 1 amide bonds. The summed E-state index contributed by atoms with van der Waals surface area (Å²) in [4.78, 5) is 19.9. The molecular weight excluding hydrogens is 354 g/mol. The van der Waals surface area contributed by atoms with Gasteiger partial charge in [0.2, 0.25) is 5.91 Å². The first-order valence-corrected chi connectivity index (χ1v) is 7.81. The maximum Gasteiger partial charge on any atom is 0.234 e. The van der Waals surface area contributed by atoms with Gasteiger partial charge in [0.05, 0.1) is 11.4 Å². The number of aromatic nitrogens is 2. The third-order valence-corrected chi connectivity index (χ3v) is 3.98. The van der Waals surface area contributed by atoms with Crippen LogP contribution in [0.15, 0.2) is 33.9 Å². The molecule has 2 aromatic rings. The molecule has 8 heteroatoms. The molecule has 1 heterocycles. The number of aryl methyl sites for hydroxylation is 1. The Morgan fingerprint density at radius 1 is 1.29 bits per heavy atom. The minimum Gasteiger partial charge on any atom is -0.383 e. The van der Waals surface area contributed by atoms with Gasteiger partial charge in [0.15, 0.2) is 5.16 Å². The molecule has 0 spiro atoms. The highest BCUT2D eigenvalue weighted by atomic mass is 79.9. The van der Waals surface area contributed by atoms with Gasteiger partial charge in [-0.2, -0.15) is 0 Å². The standard InChI is InChI=1S/C13H14BrN5OS/c1-7-2-3-9(8(14)4-7)17-12(20)6-21-13-18-10(15)5-11(16)19-13/h2-5H,6H2,1H3,(H,17,20)(H4,15,16,18,19). The number of nitrogens with zero attached hydrogens (tertiary/aromatic N) is 2. The summed E-state index contributed by atoms with van der Waals surface area (Å²) in [5.41, 5.74) is 13.0. The summed E-state index contributed by atoms with van der Waals surface area (Å²) >= 11 is 4.59. The lowest BCUT2D eigenvalue weighted by Gasteiger charge is -2.08. The number of nitrogens with one attached hydrogen (secondary N) is 1. The molecule has 0 radical (unpaired) electrons. The van der Waals surface area contributed by atoms with Gasteiger partial charge in [-0.15, -0.1) is 0 Å². The second kappa shape index (κ2) is 6.77. The second-order valence-corrected chi connectivity index (χ2v) is 6.12. The molecular formula is C13H14BrN5OS. The first kappa shape index (κ1) is 15.6. The maximum absolute atomic E-state index is 11.9. The van der Waals surface area contributed by atoms with E-state index in [9.17, 15) is 4.79 Å². The molecule has 6 nitrogen and oxygen atoms in total. The van der Waals surface area contributed by atoms with Crippen LogP contribution in [-0.2, 0) is 4.79 Å². The number of carbonyl (C=O) groups is 1. The predicted octanol–water partition coefficient (Wildman–Crippen LogP) is 2.44. The van der Waals surface area contributed by atoms with Crippen LogP contribution < -0.4 is 16.8 Å². The Hall–Kier alpha value is -1.80. The highest BCUT2D eigenvalue weighted by Gasteiger charge is 2.08. The normalized spacial score (nSPS) is 10.4. The van der Waals surface area contributed by atoms with Crippen molar-refractivity contribution in [2.75, 3.05) is 22.5 Å². The van der Waals surface area contributed by atoms with Crippen LogP contribution in [0.3, 0.4) is 0 Å². The van der Waals surface area contributed by atoms with Crippen molar-refractivity contribution in [3.63, 3.8) is 0 Å². The monoisotopic (exact) mass is 367 g/mol. The van der Waals surface area contributed by atoms with Crippen LogP contribution in [0.2, 0.25) is 0 Å². The van der Waals surface area contributed by atoms with E-state index in [4.69, 9.17) is 11.5 Å². The lowest BCUT2D eigenvalue weighted by Crippen LogP contribution is -2.15. The van der Waals surface area contributed by atoms with Crippen LogP contribution >= 0.6 is 27.7 Å². The quantitative estimate of drug-likeness (QED) is 0.565. The van der Waals surface area contributed by atoms with Gasteiger partial charge < -0.3 is 16.8 Å². The lowest BCUT2D eigenvalue weighted by molar-refractivity contribution is -0.113. The zero-order valence-electron chi connectivity index (χ0n) is 11.3. The fourth-order valence-electron chi connectivity index (χ4n) is 1.56. The number of anilines is 3. The van der Waals surface area contributed by atoms with Crippen molar-refractivity contribution in [3.05, 3.63) is 34.3 Å². The van der Waals surface area contributed by atoms with Crippen molar-refractivity contribution in [2.24, 2.45) is 0 Å². The zero-order valence-corrected chi connectivity index (χ0v) is 13.7. The summed E-state index contributed by atoms with van der Waals surface area (Å²) < 4.78 is 0.838. The fourth-order valence-corrected chi connectivity index (χ4v) is 2.83. The molecule has 0 aliphatic heterocycles. The number of rotatable bonds is 4. The summed E-state index contributed by atoms with van der Waals surface area (Å²) in [6.07, 6.45) is 0. The third-order valence-electron chi connectivity index (χ3n) is 2.48. The molecule has 0 aliphatic carbocycles. The van der Waals surface area contributed by atoms with Gasteiger partial charge in [0.25, 0.3) is 0 Å². The summed E-state index contributed by atoms with van der Waals surface area (Å²) in [6.45, 7) is 1.98. The number of nitrogen functional groups attached to an aromatic ring is 2. The van der Waals surface area contributed by atoms with Gasteiger partial charge in [-0.3, -0.25) is 4.79 Å². The largest absolute Gasteiger partial charge is 0.383 e. The SMILES string of the molecule is Cc1ccc(NC(=O)CSc2nc(N)cc(N)n2)c(Br)c1. The van der Waals surface area contributed by atoms with Crippen LogP contribution in [0.4, 0.5) is 17.3 Å². The number of hydrogen-bond donors (Lipinski definition) is 3. The maximum atomic E-state index is 11.9. The van der Waals surface area contributed by atoms with Crippen LogP contribution in [-0.4, -0.2) is 21.6 Å². The first-order valence-electron chi connectivity index (χ1n) is 6.03. The Morgan fingerprint density at radius 3 is 2.57 bits per heavy atom. The molecule has 0 unspecified atom stereocenters. The first-order chi connectivity index (χ1) is 9.94. The van der Waals surface area contributed by atoms with Gasteiger partial charge in [-0.1, -0.05) is 17.8 Å². The molecule has 5 N–H and O–H groups in total. The highest BCUT2D eigenvalue weighted by molar-refractivity contribution is 9.10. The smallest absolute Gasteiger partial charge is 0.234 e. The summed E-state index contributed by atoms with van der Waals surface area (Å²) in [5.74, 6) is 0.580. The van der Waals surface area contributed by atoms with E-state index in [2.05, 4.69) is 31.2 Å². The van der Waals surface area contributed by atoms with E-state index in [1.54, 1.807) is 0 Å². The van der Waals surface area contributed by atoms with E-state index in [1.807, 2.05) is 25.1 Å². The van der Waals surface area contributed by atoms with Crippen molar-refractivity contribution >= 4 is 50.9 Å². The topological polar surface area (TPSA) is 107 Å². The Labute approximate surface area is 134 Å². The van der Waals surface area contributed by atoms with Crippen molar-refractivity contribution in [1.82, 2.24) is 9.97 Å². The van der Waals surface area contributed by atoms with Crippen LogP contribution in [0.25, 0.3) is 0 Å². The number of thioether (sulfide) groups is 1. The van der Waals surface area contributed by atoms with Crippen molar-refractivity contribution < 1.29 is 4.79 Å². The van der Waals surface area contributed by atoms with Crippen LogP contribution in [0, 0.1) is 6.92 Å². The Kier molecular flexibility index (Phi) is 5.03. The van der Waals surface area contributed by atoms with Gasteiger partial charge in [-0.05, 0) is 40.5 Å². The van der Waals surface area contributed by atoms with Crippen LogP contribution in [0.5, 0.6) is 0 Å². The third kappa shape index (κ3) is 4.61. The number of halogens is 1. The molecule has 0 aliphatic rings. The van der Waals surface area contributed by atoms with E-state index in [1.165, 1.54) is 17.8 Å². The molecule has 0 fully saturated rings. The molecule has 0 atom stereocenters. The van der Waals surface area contributed by atoms with Gasteiger partial charge in [0, 0.05) is 10.5 Å². The highest BCUT2D eigenvalue weighted by Crippen LogP contribution is 2.24. The van der Waals surface area contributed by atoms with Gasteiger partial charge >= 0.3 is 0 Å². The second-order valence-electron chi connectivity index (χ2n) is 4.32. The minimum absolute atomic E-state index is 0.158. The van der Waals surface area contributed by atoms with Crippen LogP contribution in [0.1, 0.15) is 5.56 Å². The van der Waals surface area contributed by atoms with Crippen molar-refractivity contribution in [3.8, 4) is 0 Å². The zero-order chi connectivity index (χ0) is 15.4. The van der Waals surface area contributed by atoms with Gasteiger partial charge in [-0.25, -0.2) is 9.97 Å². The van der Waals surface area contributed by atoms with E-state index in [-0.39, 0.29) is 23.3 Å². The number of amides is 1. The van der Waals surface area contributed by atoms with E-state index in [0.717, 1.165) is 15.7 Å². The summed E-state index contributed by atoms with van der Waals surface area (Å²) in [7, 11) is 0. The van der Waals surface area contributed by atoms with E-state index in [0.29, 0.717) is 5.16 Å². The number of hydrogen-bond acceptors (Lipinski definition) is 6. The fraction of sp³-hybridized carbons (Fsp3) is 0.154. The summed E-state index contributed by atoms with van der Waals surface area (Å²) in [5, 5.41) is 3.19. The Morgan fingerprint density at radius 2 is 1.95 bits per heavy atom. The number of benzene rings is 1. The molecule has 0 saturated heterocycles. The molecule has 21 heavy (non-hydrogen) atoms. The van der Waals surface area contributed by atoms with Crippen molar-refractivity contribution in [2.45, 2.75) is 12.1 Å². The van der Waals surface area contributed by atoms with E-state index < -0.39 is 0 Å². The molecule has 1 aromatic carbocycles. The average Bonchev–Trinajstić information content (AvgIpc) is 2.39. The Balaban J connectivity index is 1.95. The number of nitrogens with two attached hydrogens (primary N) is 2. The molecule has 1 aromatic heterocycles. The predicted molar refractivity (Wildman–Crippen MR) is 89.1 cm³/mol.